The number of aromatic nitrogens is 2. The van der Waals surface area contributed by atoms with Gasteiger partial charge in [0.15, 0.2) is 5.69 Å². The number of methoxy groups -OCH3 is 1. The van der Waals surface area contributed by atoms with Gasteiger partial charge in [-0.3, -0.25) is 4.90 Å². The highest BCUT2D eigenvalue weighted by Crippen LogP contribution is 2.27. The van der Waals surface area contributed by atoms with Crippen molar-refractivity contribution >= 4 is 29.5 Å². The Hall–Kier alpha value is -1.93. The number of rotatable bonds is 4. The number of amides is 1. The van der Waals surface area contributed by atoms with E-state index in [1.807, 2.05) is 27.7 Å². The number of carbonyl (C=O) groups excluding carboxylic acids is 2. The molecule has 0 radical (unpaired) electrons. The van der Waals surface area contributed by atoms with E-state index in [2.05, 4.69) is 14.7 Å². The molecule has 2 rings (SSSR count). The topological polar surface area (TPSA) is 90.9 Å². The Bertz CT molecular complexity index is 646. The highest BCUT2D eigenvalue weighted by molar-refractivity contribution is 6.28. The van der Waals surface area contributed by atoms with Crippen LogP contribution in [0.1, 0.15) is 38.2 Å². The predicted octanol–water partition coefficient (Wildman–Crippen LogP) is 2.45. The second-order valence-corrected chi connectivity index (χ2v) is 6.66. The number of hydrogen-bond donors (Lipinski definition) is 0. The van der Waals surface area contributed by atoms with Crippen LogP contribution in [0.4, 0.5) is 10.6 Å². The molecule has 1 fully saturated rings. The highest BCUT2D eigenvalue weighted by atomic mass is 35.5. The van der Waals surface area contributed by atoms with Crippen molar-refractivity contribution in [2.45, 2.75) is 45.4 Å². The SMILES string of the molecule is COC(=O)c1cc(N2C(=O)OC[C@@H]2[C@@H](C)OC(C)(C)C)nc(Cl)n1. The molecule has 0 aliphatic carbocycles. The van der Waals surface area contributed by atoms with Crippen LogP contribution in [-0.2, 0) is 14.2 Å². The lowest BCUT2D eigenvalue weighted by Crippen LogP contribution is -2.45. The van der Waals surface area contributed by atoms with Crippen LogP contribution in [0.15, 0.2) is 6.07 Å². The molecule has 0 N–H and O–H groups in total. The van der Waals surface area contributed by atoms with Crippen LogP contribution < -0.4 is 4.90 Å². The molecule has 0 unspecified atom stereocenters. The molecule has 1 aliphatic rings. The van der Waals surface area contributed by atoms with Crippen LogP contribution in [-0.4, -0.2) is 53.5 Å². The first-order valence-corrected chi connectivity index (χ1v) is 7.77. The van der Waals surface area contributed by atoms with E-state index in [4.69, 9.17) is 21.1 Å². The van der Waals surface area contributed by atoms with Crippen molar-refractivity contribution in [2.75, 3.05) is 18.6 Å². The average Bonchev–Trinajstić information content (AvgIpc) is 2.86. The summed E-state index contributed by atoms with van der Waals surface area (Å²) in [5.41, 5.74) is -0.438. The molecular weight excluding hydrogens is 338 g/mol. The zero-order chi connectivity index (χ0) is 18.1. The van der Waals surface area contributed by atoms with Crippen LogP contribution in [0, 0.1) is 0 Å². The maximum absolute atomic E-state index is 12.1. The number of ether oxygens (including phenoxy) is 3. The van der Waals surface area contributed by atoms with Gasteiger partial charge in [-0.05, 0) is 39.3 Å². The van der Waals surface area contributed by atoms with E-state index in [0.717, 1.165) is 0 Å². The maximum atomic E-state index is 12.1. The van der Waals surface area contributed by atoms with Gasteiger partial charge in [0, 0.05) is 6.07 Å². The summed E-state index contributed by atoms with van der Waals surface area (Å²) in [6, 6.07) is 0.925. The van der Waals surface area contributed by atoms with E-state index in [1.165, 1.54) is 18.1 Å². The zero-order valence-electron chi connectivity index (χ0n) is 14.2. The zero-order valence-corrected chi connectivity index (χ0v) is 15.0. The monoisotopic (exact) mass is 357 g/mol. The average molecular weight is 358 g/mol. The van der Waals surface area contributed by atoms with Gasteiger partial charge in [0.2, 0.25) is 5.28 Å². The van der Waals surface area contributed by atoms with Crippen LogP contribution >= 0.6 is 11.6 Å². The molecule has 1 aromatic heterocycles. The summed E-state index contributed by atoms with van der Waals surface area (Å²) in [5, 5.41) is -0.171. The molecule has 8 nitrogen and oxygen atoms in total. The predicted molar refractivity (Wildman–Crippen MR) is 86.3 cm³/mol. The fourth-order valence-electron chi connectivity index (χ4n) is 2.42. The first-order chi connectivity index (χ1) is 11.1. The quantitative estimate of drug-likeness (QED) is 0.603. The Morgan fingerprint density at radius 2 is 2.12 bits per heavy atom. The molecule has 0 saturated carbocycles. The summed E-state index contributed by atoms with van der Waals surface area (Å²) in [7, 11) is 1.23. The van der Waals surface area contributed by atoms with Crippen LogP contribution in [0.2, 0.25) is 5.28 Å². The summed E-state index contributed by atoms with van der Waals surface area (Å²) in [6.07, 6.45) is -0.915. The molecule has 132 valence electrons. The Labute approximate surface area is 145 Å². The van der Waals surface area contributed by atoms with E-state index < -0.39 is 23.7 Å². The van der Waals surface area contributed by atoms with Crippen LogP contribution in [0.25, 0.3) is 0 Å². The second-order valence-electron chi connectivity index (χ2n) is 6.32. The largest absolute Gasteiger partial charge is 0.464 e. The number of nitrogens with zero attached hydrogens (tertiary/aromatic N) is 3. The first-order valence-electron chi connectivity index (χ1n) is 7.39. The van der Waals surface area contributed by atoms with E-state index in [9.17, 15) is 9.59 Å². The van der Waals surface area contributed by atoms with E-state index in [1.54, 1.807) is 0 Å². The van der Waals surface area contributed by atoms with Crippen molar-refractivity contribution in [1.29, 1.82) is 0 Å². The van der Waals surface area contributed by atoms with Crippen LogP contribution in [0.5, 0.6) is 0 Å². The molecule has 0 aromatic carbocycles. The number of carbonyl (C=O) groups is 2. The Morgan fingerprint density at radius 1 is 1.46 bits per heavy atom. The first kappa shape index (κ1) is 18.4. The van der Waals surface area contributed by atoms with Crippen molar-refractivity contribution in [3.8, 4) is 0 Å². The number of halogens is 1. The van der Waals surface area contributed by atoms with Crippen molar-refractivity contribution in [3.05, 3.63) is 17.0 Å². The summed E-state index contributed by atoms with van der Waals surface area (Å²) in [4.78, 5) is 33.0. The van der Waals surface area contributed by atoms with Gasteiger partial charge < -0.3 is 14.2 Å². The van der Waals surface area contributed by atoms with Crippen LogP contribution in [0.3, 0.4) is 0 Å². The lowest BCUT2D eigenvalue weighted by atomic mass is 10.1. The number of esters is 1. The van der Waals surface area contributed by atoms with E-state index in [0.29, 0.717) is 0 Å². The molecule has 0 spiro atoms. The van der Waals surface area contributed by atoms with Gasteiger partial charge in [-0.25, -0.2) is 19.6 Å². The minimum absolute atomic E-state index is 0.0460. The van der Waals surface area contributed by atoms with Gasteiger partial charge in [0.05, 0.1) is 18.8 Å². The number of anilines is 1. The fraction of sp³-hybridized carbons (Fsp3) is 0.600. The van der Waals surface area contributed by atoms with Gasteiger partial charge in [0.25, 0.3) is 0 Å². The van der Waals surface area contributed by atoms with Gasteiger partial charge in [0.1, 0.15) is 18.5 Å². The van der Waals surface area contributed by atoms with Crippen molar-refractivity contribution < 1.29 is 23.8 Å². The summed E-state index contributed by atoms with van der Waals surface area (Å²) >= 11 is 5.87. The third kappa shape index (κ3) is 4.12. The summed E-state index contributed by atoms with van der Waals surface area (Å²) in [6.45, 7) is 7.74. The molecule has 9 heteroatoms. The van der Waals surface area contributed by atoms with Gasteiger partial charge in [-0.1, -0.05) is 0 Å². The normalized spacial score (nSPS) is 19.2. The summed E-state index contributed by atoms with van der Waals surface area (Å²) in [5.74, 6) is -0.518. The van der Waals surface area contributed by atoms with Gasteiger partial charge >= 0.3 is 12.1 Å². The van der Waals surface area contributed by atoms with Crippen molar-refractivity contribution in [3.63, 3.8) is 0 Å². The molecular formula is C15H20ClN3O5. The van der Waals surface area contributed by atoms with E-state index >= 15 is 0 Å². The Balaban J connectivity index is 2.35. The molecule has 1 aromatic rings. The fourth-order valence-corrected chi connectivity index (χ4v) is 2.60. The molecule has 2 atom stereocenters. The molecule has 1 saturated heterocycles. The molecule has 1 amide bonds. The van der Waals surface area contributed by atoms with Crippen molar-refractivity contribution in [2.24, 2.45) is 0 Å². The number of cyclic esters (lactones) is 1. The number of hydrogen-bond acceptors (Lipinski definition) is 7. The highest BCUT2D eigenvalue weighted by Gasteiger charge is 2.40. The lowest BCUT2D eigenvalue weighted by molar-refractivity contribution is -0.0618. The molecule has 2 heterocycles. The second kappa shape index (κ2) is 6.90. The van der Waals surface area contributed by atoms with Gasteiger partial charge in [-0.15, -0.1) is 0 Å². The standard InChI is InChI=1S/C15H20ClN3O5/c1-8(24-15(2,3)4)10-7-23-14(21)19(10)11-6-9(12(20)22-5)17-13(16)18-11/h6,8,10H,7H2,1-5H3/t8-,10-/m1/s1. The van der Waals surface area contributed by atoms with E-state index in [-0.39, 0.29) is 29.5 Å². The van der Waals surface area contributed by atoms with Crippen molar-refractivity contribution in [1.82, 2.24) is 9.97 Å². The summed E-state index contributed by atoms with van der Waals surface area (Å²) < 4.78 is 15.7. The Kier molecular flexibility index (Phi) is 5.29. The smallest absolute Gasteiger partial charge is 0.416 e. The molecule has 1 aliphatic heterocycles. The third-order valence-electron chi connectivity index (χ3n) is 3.31. The molecule has 0 bridgehead atoms. The minimum atomic E-state index is -0.677. The minimum Gasteiger partial charge on any atom is -0.464 e. The maximum Gasteiger partial charge on any atom is 0.416 e. The Morgan fingerprint density at radius 3 is 2.71 bits per heavy atom. The van der Waals surface area contributed by atoms with Gasteiger partial charge in [-0.2, -0.15) is 0 Å². The lowest BCUT2D eigenvalue weighted by Gasteiger charge is -2.31. The molecule has 24 heavy (non-hydrogen) atoms. The third-order valence-corrected chi connectivity index (χ3v) is 3.48.